The average Bonchev–Trinajstić information content (AvgIpc) is 2.90. The minimum absolute atomic E-state index is 0.0772. The molecule has 0 unspecified atom stereocenters. The van der Waals surface area contributed by atoms with Gasteiger partial charge in [-0.05, 0) is 23.8 Å². The van der Waals surface area contributed by atoms with E-state index in [1.807, 2.05) is 11.0 Å². The largest absolute Gasteiger partial charge is 0.505 e. The van der Waals surface area contributed by atoms with Crippen LogP contribution in [0.15, 0.2) is 36.7 Å². The molecule has 180 valence electrons. The summed E-state index contributed by atoms with van der Waals surface area (Å²) in [5.74, 6) is 0.0132. The van der Waals surface area contributed by atoms with E-state index in [0.29, 0.717) is 67.2 Å². The molecule has 1 aliphatic heterocycles. The lowest BCUT2D eigenvalue weighted by Crippen LogP contribution is -2.49. The molecule has 3 aromatic rings. The first-order chi connectivity index (χ1) is 17.0. The summed E-state index contributed by atoms with van der Waals surface area (Å²) < 4.78 is 4.98. The van der Waals surface area contributed by atoms with Gasteiger partial charge in [0, 0.05) is 51.4 Å². The summed E-state index contributed by atoms with van der Waals surface area (Å²) in [5, 5.41) is 22.6. The first-order valence-electron chi connectivity index (χ1n) is 11.1. The summed E-state index contributed by atoms with van der Waals surface area (Å²) in [6.45, 7) is 3.06. The van der Waals surface area contributed by atoms with Crippen LogP contribution >= 0.6 is 0 Å². The van der Waals surface area contributed by atoms with E-state index in [-0.39, 0.29) is 23.9 Å². The number of nitriles is 1. The number of fused-ring (bicyclic) bond motifs is 1. The minimum atomic E-state index is -0.535. The molecule has 0 bridgehead atoms. The highest BCUT2D eigenvalue weighted by atomic mass is 16.5. The summed E-state index contributed by atoms with van der Waals surface area (Å²) in [6, 6.07) is 8.70. The van der Waals surface area contributed by atoms with Crippen LogP contribution in [0, 0.1) is 11.3 Å². The van der Waals surface area contributed by atoms with Gasteiger partial charge in [0.2, 0.25) is 5.91 Å². The maximum absolute atomic E-state index is 12.6. The van der Waals surface area contributed by atoms with Crippen LogP contribution in [0.5, 0.6) is 5.75 Å². The highest BCUT2D eigenvalue weighted by Gasteiger charge is 2.23. The number of pyridine rings is 3. The molecule has 11 heteroatoms. The molecule has 2 N–H and O–H groups in total. The molecule has 0 spiro atoms. The predicted octanol–water partition coefficient (Wildman–Crippen LogP) is 1.22. The number of ether oxygens (including phenoxy) is 1. The first-order valence-corrected chi connectivity index (χ1v) is 11.1. The molecule has 0 radical (unpaired) electrons. The summed E-state index contributed by atoms with van der Waals surface area (Å²) in [6.07, 6.45) is 3.34. The van der Waals surface area contributed by atoms with Gasteiger partial charge in [-0.25, -0.2) is 15.0 Å². The number of carbonyl (C=O) groups is 2. The zero-order valence-corrected chi connectivity index (χ0v) is 19.3. The third-order valence-electron chi connectivity index (χ3n) is 5.79. The van der Waals surface area contributed by atoms with Gasteiger partial charge >= 0.3 is 0 Å². The number of methoxy groups -OCH3 is 1. The van der Waals surface area contributed by atoms with E-state index in [0.717, 1.165) is 0 Å². The Balaban J connectivity index is 1.41. The number of hydrogen-bond acceptors (Lipinski definition) is 9. The summed E-state index contributed by atoms with van der Waals surface area (Å²) in [4.78, 5) is 41.4. The third-order valence-corrected chi connectivity index (χ3v) is 5.79. The Morgan fingerprint density at radius 1 is 1.14 bits per heavy atom. The maximum Gasteiger partial charge on any atom is 0.274 e. The Labute approximate surface area is 202 Å². The van der Waals surface area contributed by atoms with E-state index in [1.54, 1.807) is 31.4 Å². The van der Waals surface area contributed by atoms with Gasteiger partial charge in [0.05, 0.1) is 24.7 Å². The second kappa shape index (κ2) is 10.8. The SMILES string of the molecule is COCCC(=O)N1CCN(c2ccc3c(O)c(C(=O)NCc4ccc(C#N)nc4)ncc3n2)CC1. The molecule has 3 aromatic heterocycles. The average molecular weight is 476 g/mol. The maximum atomic E-state index is 12.6. The van der Waals surface area contributed by atoms with Gasteiger partial charge < -0.3 is 25.0 Å². The standard InChI is InChI=1S/C24H25N7O4/c1-35-11-6-21(32)31-9-7-30(8-10-31)20-5-4-18-19(29-20)15-27-22(23(18)33)24(34)28-14-16-2-3-17(12-25)26-13-16/h2-5,13,15,33H,6-11,14H2,1H3,(H,28,34). The van der Waals surface area contributed by atoms with Crippen molar-refractivity contribution < 1.29 is 19.4 Å². The van der Waals surface area contributed by atoms with Crippen LogP contribution in [-0.2, 0) is 16.1 Å². The Morgan fingerprint density at radius 2 is 1.94 bits per heavy atom. The topological polar surface area (TPSA) is 145 Å². The van der Waals surface area contributed by atoms with Crippen molar-refractivity contribution in [2.24, 2.45) is 0 Å². The number of hydrogen-bond donors (Lipinski definition) is 2. The van der Waals surface area contributed by atoms with E-state index in [1.165, 1.54) is 12.4 Å². The number of nitrogens with zero attached hydrogens (tertiary/aromatic N) is 6. The van der Waals surface area contributed by atoms with Gasteiger partial charge in [0.25, 0.3) is 5.91 Å². The van der Waals surface area contributed by atoms with Crippen LogP contribution in [-0.4, -0.2) is 76.7 Å². The van der Waals surface area contributed by atoms with Gasteiger partial charge in [-0.3, -0.25) is 9.59 Å². The van der Waals surface area contributed by atoms with Crippen molar-refractivity contribution in [2.45, 2.75) is 13.0 Å². The van der Waals surface area contributed by atoms with Gasteiger partial charge in [-0.2, -0.15) is 5.26 Å². The molecule has 0 aliphatic carbocycles. The second-order valence-corrected chi connectivity index (χ2v) is 8.01. The van der Waals surface area contributed by atoms with E-state index in [4.69, 9.17) is 10.00 Å². The lowest BCUT2D eigenvalue weighted by molar-refractivity contribution is -0.132. The first kappa shape index (κ1) is 23.8. The number of nitrogens with one attached hydrogen (secondary N) is 1. The Kier molecular flexibility index (Phi) is 7.32. The molecule has 1 saturated heterocycles. The lowest BCUT2D eigenvalue weighted by atomic mass is 10.2. The molecule has 35 heavy (non-hydrogen) atoms. The number of aromatic nitrogens is 3. The van der Waals surface area contributed by atoms with Crippen molar-refractivity contribution >= 4 is 28.5 Å². The van der Waals surface area contributed by atoms with Crippen molar-refractivity contribution in [2.75, 3.05) is 44.8 Å². The normalized spacial score (nSPS) is 13.5. The third kappa shape index (κ3) is 5.44. The number of rotatable bonds is 7. The Morgan fingerprint density at radius 3 is 2.63 bits per heavy atom. The fraction of sp³-hybridized carbons (Fsp3) is 0.333. The molecule has 4 rings (SSSR count). The molecule has 2 amide bonds. The summed E-state index contributed by atoms with van der Waals surface area (Å²) in [5.41, 5.74) is 1.37. The number of anilines is 1. The number of aromatic hydroxyl groups is 1. The monoisotopic (exact) mass is 475 g/mol. The fourth-order valence-corrected chi connectivity index (χ4v) is 3.81. The number of piperazine rings is 1. The van der Waals surface area contributed by atoms with Crippen molar-refractivity contribution in [3.63, 3.8) is 0 Å². The quantitative estimate of drug-likeness (QED) is 0.515. The molecule has 1 aliphatic rings. The molecular formula is C24H25N7O4. The highest BCUT2D eigenvalue weighted by molar-refractivity contribution is 6.00. The predicted molar refractivity (Wildman–Crippen MR) is 127 cm³/mol. The van der Waals surface area contributed by atoms with Crippen molar-refractivity contribution in [1.82, 2.24) is 25.2 Å². The Bertz CT molecular complexity index is 1270. The summed E-state index contributed by atoms with van der Waals surface area (Å²) in [7, 11) is 1.58. The Hall–Kier alpha value is -4.30. The van der Waals surface area contributed by atoms with Crippen LogP contribution in [0.25, 0.3) is 10.9 Å². The number of amides is 2. The van der Waals surface area contributed by atoms with Crippen molar-refractivity contribution in [3.8, 4) is 11.8 Å². The molecule has 0 saturated carbocycles. The van der Waals surface area contributed by atoms with Gasteiger partial charge in [-0.1, -0.05) is 6.07 Å². The van der Waals surface area contributed by atoms with E-state index < -0.39 is 5.91 Å². The smallest absolute Gasteiger partial charge is 0.274 e. The second-order valence-electron chi connectivity index (χ2n) is 8.01. The molecule has 0 aromatic carbocycles. The molecule has 1 fully saturated rings. The lowest BCUT2D eigenvalue weighted by Gasteiger charge is -2.35. The highest BCUT2D eigenvalue weighted by Crippen LogP contribution is 2.28. The van der Waals surface area contributed by atoms with Gasteiger partial charge in [0.15, 0.2) is 11.4 Å². The van der Waals surface area contributed by atoms with Crippen LogP contribution in [0.3, 0.4) is 0 Å². The molecular weight excluding hydrogens is 450 g/mol. The van der Waals surface area contributed by atoms with Crippen molar-refractivity contribution in [3.05, 3.63) is 53.6 Å². The summed E-state index contributed by atoms with van der Waals surface area (Å²) >= 11 is 0. The van der Waals surface area contributed by atoms with Crippen LogP contribution in [0.2, 0.25) is 0 Å². The molecule has 0 atom stereocenters. The fourth-order valence-electron chi connectivity index (χ4n) is 3.81. The number of carbonyl (C=O) groups excluding carboxylic acids is 2. The van der Waals surface area contributed by atoms with E-state index in [9.17, 15) is 14.7 Å². The minimum Gasteiger partial charge on any atom is -0.505 e. The van der Waals surface area contributed by atoms with E-state index >= 15 is 0 Å². The van der Waals surface area contributed by atoms with Gasteiger partial charge in [-0.15, -0.1) is 0 Å². The van der Waals surface area contributed by atoms with Crippen LogP contribution < -0.4 is 10.2 Å². The molecule has 4 heterocycles. The molecule has 11 nitrogen and oxygen atoms in total. The van der Waals surface area contributed by atoms with E-state index in [2.05, 4.69) is 25.2 Å². The van der Waals surface area contributed by atoms with Gasteiger partial charge in [0.1, 0.15) is 17.6 Å². The zero-order valence-electron chi connectivity index (χ0n) is 19.3. The van der Waals surface area contributed by atoms with Crippen LogP contribution in [0.1, 0.15) is 28.2 Å². The van der Waals surface area contributed by atoms with Crippen molar-refractivity contribution in [1.29, 1.82) is 5.26 Å². The zero-order chi connectivity index (χ0) is 24.8. The van der Waals surface area contributed by atoms with Crippen LogP contribution in [0.4, 0.5) is 5.82 Å².